The van der Waals surface area contributed by atoms with E-state index in [1.54, 1.807) is 11.0 Å². The molecule has 2 aliphatic heterocycles. The van der Waals surface area contributed by atoms with Gasteiger partial charge in [0.1, 0.15) is 12.1 Å². The number of rotatable bonds is 2. The van der Waals surface area contributed by atoms with Crippen molar-refractivity contribution in [1.82, 2.24) is 24.6 Å². The number of aryl methyl sites for hydroxylation is 1. The number of nitrogens with zero attached hydrogens (tertiary/aromatic N) is 5. The molecule has 19 heavy (non-hydrogen) atoms. The first-order valence-corrected chi connectivity index (χ1v) is 6.96. The Morgan fingerprint density at radius 1 is 1.26 bits per heavy atom. The molecule has 0 saturated carbocycles. The zero-order chi connectivity index (χ0) is 12.8. The van der Waals surface area contributed by atoms with Crippen LogP contribution in [0.15, 0.2) is 12.5 Å². The van der Waals surface area contributed by atoms with Crippen molar-refractivity contribution in [2.45, 2.75) is 31.3 Å². The van der Waals surface area contributed by atoms with Gasteiger partial charge in [-0.25, -0.2) is 9.97 Å². The van der Waals surface area contributed by atoms with Crippen LogP contribution in [0.3, 0.4) is 0 Å². The van der Waals surface area contributed by atoms with Crippen LogP contribution in [-0.2, 0) is 7.05 Å². The van der Waals surface area contributed by atoms with E-state index in [-0.39, 0.29) is 0 Å². The fraction of sp³-hybridized carbons (Fsp3) is 0.615. The smallest absolute Gasteiger partial charge is 0.163 e. The number of nitrogens with one attached hydrogen (secondary N) is 1. The average molecular weight is 258 g/mol. The maximum atomic E-state index is 4.40. The molecule has 2 aromatic rings. The lowest BCUT2D eigenvalue weighted by molar-refractivity contribution is 0.318. The van der Waals surface area contributed by atoms with Gasteiger partial charge < -0.3 is 5.32 Å². The van der Waals surface area contributed by atoms with Crippen molar-refractivity contribution < 1.29 is 0 Å². The molecule has 2 unspecified atom stereocenters. The van der Waals surface area contributed by atoms with E-state index in [0.29, 0.717) is 12.1 Å². The number of aromatic nitrogens is 4. The molecule has 2 saturated heterocycles. The Hall–Kier alpha value is -1.69. The van der Waals surface area contributed by atoms with Crippen LogP contribution in [0.5, 0.6) is 0 Å². The third-order valence-electron chi connectivity index (χ3n) is 4.46. The summed E-state index contributed by atoms with van der Waals surface area (Å²) in [4.78, 5) is 11.3. The summed E-state index contributed by atoms with van der Waals surface area (Å²) in [5.74, 6) is 0.928. The Kier molecular flexibility index (Phi) is 2.44. The number of anilines is 1. The van der Waals surface area contributed by atoms with Gasteiger partial charge in [-0.3, -0.25) is 9.58 Å². The first-order valence-electron chi connectivity index (χ1n) is 6.96. The maximum absolute atomic E-state index is 4.40. The van der Waals surface area contributed by atoms with Crippen LogP contribution in [0.2, 0.25) is 0 Å². The SMILES string of the molecule is Cn1ncc2c(NC3CCN4CCCC34)ncnc21. The van der Waals surface area contributed by atoms with Crippen LogP contribution >= 0.6 is 0 Å². The van der Waals surface area contributed by atoms with Gasteiger partial charge in [-0.15, -0.1) is 0 Å². The fourth-order valence-corrected chi connectivity index (χ4v) is 3.50. The molecule has 2 aromatic heterocycles. The number of hydrogen-bond acceptors (Lipinski definition) is 5. The maximum Gasteiger partial charge on any atom is 0.163 e. The molecule has 4 heterocycles. The predicted molar refractivity (Wildman–Crippen MR) is 72.9 cm³/mol. The Morgan fingerprint density at radius 3 is 3.16 bits per heavy atom. The molecule has 0 bridgehead atoms. The Labute approximate surface area is 111 Å². The van der Waals surface area contributed by atoms with E-state index in [1.807, 2.05) is 13.2 Å². The summed E-state index contributed by atoms with van der Waals surface area (Å²) in [6, 6.07) is 1.20. The van der Waals surface area contributed by atoms with E-state index in [0.717, 1.165) is 16.9 Å². The standard InChI is InChI=1S/C13H18N6/c1-18-13-9(7-16-18)12(14-8-15-13)17-10-4-6-19-5-2-3-11(10)19/h7-8,10-11H,2-6H2,1H3,(H,14,15,17). The molecule has 2 fully saturated rings. The second kappa shape index (κ2) is 4.16. The lowest BCUT2D eigenvalue weighted by Gasteiger charge is -2.21. The summed E-state index contributed by atoms with van der Waals surface area (Å²) < 4.78 is 1.79. The first kappa shape index (κ1) is 11.2. The van der Waals surface area contributed by atoms with Crippen molar-refractivity contribution in [2.24, 2.45) is 7.05 Å². The van der Waals surface area contributed by atoms with Gasteiger partial charge in [0.25, 0.3) is 0 Å². The van der Waals surface area contributed by atoms with Crippen LogP contribution in [0.1, 0.15) is 19.3 Å². The van der Waals surface area contributed by atoms with Crippen molar-refractivity contribution in [2.75, 3.05) is 18.4 Å². The molecule has 2 atom stereocenters. The Balaban J connectivity index is 1.65. The van der Waals surface area contributed by atoms with Crippen molar-refractivity contribution >= 4 is 16.9 Å². The first-order chi connectivity index (χ1) is 9.33. The fourth-order valence-electron chi connectivity index (χ4n) is 3.50. The molecule has 6 nitrogen and oxygen atoms in total. The second-order valence-electron chi connectivity index (χ2n) is 5.51. The topological polar surface area (TPSA) is 58.9 Å². The molecule has 6 heteroatoms. The predicted octanol–water partition coefficient (Wildman–Crippen LogP) is 1.01. The summed E-state index contributed by atoms with van der Waals surface area (Å²) in [6.07, 6.45) is 7.30. The summed E-state index contributed by atoms with van der Waals surface area (Å²) in [5, 5.41) is 8.90. The molecule has 100 valence electrons. The minimum absolute atomic E-state index is 0.515. The third kappa shape index (κ3) is 1.70. The van der Waals surface area contributed by atoms with E-state index in [4.69, 9.17) is 0 Å². The van der Waals surface area contributed by atoms with Gasteiger partial charge in [0.05, 0.1) is 11.6 Å². The highest BCUT2D eigenvalue weighted by atomic mass is 15.3. The highest BCUT2D eigenvalue weighted by Crippen LogP contribution is 2.30. The van der Waals surface area contributed by atoms with E-state index in [1.165, 1.54) is 32.4 Å². The number of hydrogen-bond donors (Lipinski definition) is 1. The van der Waals surface area contributed by atoms with Crippen molar-refractivity contribution in [1.29, 1.82) is 0 Å². The van der Waals surface area contributed by atoms with Crippen molar-refractivity contribution in [3.05, 3.63) is 12.5 Å². The average Bonchev–Trinajstić information content (AvgIpc) is 3.09. The van der Waals surface area contributed by atoms with Crippen LogP contribution < -0.4 is 5.32 Å². The quantitative estimate of drug-likeness (QED) is 0.871. The summed E-state index contributed by atoms with van der Waals surface area (Å²) >= 11 is 0. The van der Waals surface area contributed by atoms with Crippen LogP contribution in [0, 0.1) is 0 Å². The molecular formula is C13H18N6. The van der Waals surface area contributed by atoms with Gasteiger partial charge in [-0.1, -0.05) is 0 Å². The van der Waals surface area contributed by atoms with Crippen LogP contribution in [0.4, 0.5) is 5.82 Å². The molecule has 4 rings (SSSR count). The van der Waals surface area contributed by atoms with Crippen LogP contribution in [0.25, 0.3) is 11.0 Å². The molecule has 0 spiro atoms. The second-order valence-corrected chi connectivity index (χ2v) is 5.51. The highest BCUT2D eigenvalue weighted by Gasteiger charge is 2.37. The third-order valence-corrected chi connectivity index (χ3v) is 4.46. The minimum atomic E-state index is 0.515. The van der Waals surface area contributed by atoms with Gasteiger partial charge in [0.15, 0.2) is 5.65 Å². The largest absolute Gasteiger partial charge is 0.365 e. The Morgan fingerprint density at radius 2 is 2.21 bits per heavy atom. The van der Waals surface area contributed by atoms with Crippen molar-refractivity contribution in [3.8, 4) is 0 Å². The Bertz CT molecular complexity index is 606. The normalized spacial score (nSPS) is 27.0. The van der Waals surface area contributed by atoms with E-state index < -0.39 is 0 Å². The van der Waals surface area contributed by atoms with E-state index in [2.05, 4.69) is 25.3 Å². The zero-order valence-electron chi connectivity index (χ0n) is 11.1. The van der Waals surface area contributed by atoms with Gasteiger partial charge in [-0.2, -0.15) is 5.10 Å². The molecule has 0 amide bonds. The molecule has 2 aliphatic rings. The molecular weight excluding hydrogens is 240 g/mol. The van der Waals surface area contributed by atoms with Gasteiger partial charge in [0.2, 0.25) is 0 Å². The molecule has 0 aliphatic carbocycles. The molecule has 1 N–H and O–H groups in total. The van der Waals surface area contributed by atoms with E-state index >= 15 is 0 Å². The highest BCUT2D eigenvalue weighted by molar-refractivity contribution is 5.86. The van der Waals surface area contributed by atoms with Gasteiger partial charge in [0, 0.05) is 25.7 Å². The van der Waals surface area contributed by atoms with Gasteiger partial charge >= 0.3 is 0 Å². The molecule has 0 aromatic carbocycles. The van der Waals surface area contributed by atoms with Gasteiger partial charge in [-0.05, 0) is 25.8 Å². The summed E-state index contributed by atoms with van der Waals surface area (Å²) in [5.41, 5.74) is 0.888. The van der Waals surface area contributed by atoms with E-state index in [9.17, 15) is 0 Å². The lowest BCUT2D eigenvalue weighted by atomic mass is 10.1. The summed E-state index contributed by atoms with van der Waals surface area (Å²) in [7, 11) is 1.91. The number of fused-ring (bicyclic) bond motifs is 2. The summed E-state index contributed by atoms with van der Waals surface area (Å²) in [6.45, 7) is 2.47. The lowest BCUT2D eigenvalue weighted by Crippen LogP contribution is -2.34. The monoisotopic (exact) mass is 258 g/mol. The molecule has 0 radical (unpaired) electrons. The van der Waals surface area contributed by atoms with Crippen LogP contribution in [-0.4, -0.2) is 49.8 Å². The zero-order valence-corrected chi connectivity index (χ0v) is 11.1. The van der Waals surface area contributed by atoms with Crippen molar-refractivity contribution in [3.63, 3.8) is 0 Å². The minimum Gasteiger partial charge on any atom is -0.365 e.